The fourth-order valence-electron chi connectivity index (χ4n) is 3.56. The Morgan fingerprint density at radius 3 is 2.64 bits per heavy atom. The van der Waals surface area contributed by atoms with Crippen molar-refractivity contribution in [3.05, 3.63) is 83.0 Å². The second kappa shape index (κ2) is 6.45. The number of likely N-dealkylation sites (tertiary alicyclic amines) is 1. The van der Waals surface area contributed by atoms with Gasteiger partial charge in [-0.3, -0.25) is 14.6 Å². The van der Waals surface area contributed by atoms with Gasteiger partial charge in [0.15, 0.2) is 0 Å². The van der Waals surface area contributed by atoms with Gasteiger partial charge in [-0.1, -0.05) is 18.2 Å². The first kappa shape index (κ1) is 16.4. The highest BCUT2D eigenvalue weighted by molar-refractivity contribution is 6.06. The molecule has 0 saturated carbocycles. The Balaban J connectivity index is 1.37. The molecule has 0 unspecified atom stereocenters. The second-order valence-electron chi connectivity index (χ2n) is 6.85. The summed E-state index contributed by atoms with van der Waals surface area (Å²) in [6.07, 6.45) is 5.13. The Labute approximate surface area is 160 Å². The molecule has 0 radical (unpaired) electrons. The molecule has 1 aliphatic heterocycles. The highest BCUT2D eigenvalue weighted by Crippen LogP contribution is 2.26. The molecule has 1 aromatic carbocycles. The number of aromatic nitrogens is 4. The second-order valence-corrected chi connectivity index (χ2v) is 6.85. The van der Waals surface area contributed by atoms with Crippen LogP contribution in [-0.2, 0) is 0 Å². The number of rotatable bonds is 3. The predicted octanol–water partition coefficient (Wildman–Crippen LogP) is 2.48. The van der Waals surface area contributed by atoms with Crippen molar-refractivity contribution in [2.45, 2.75) is 6.04 Å². The van der Waals surface area contributed by atoms with Gasteiger partial charge >= 0.3 is 0 Å². The van der Waals surface area contributed by atoms with Gasteiger partial charge in [0.25, 0.3) is 11.5 Å². The molecule has 4 heterocycles. The van der Waals surface area contributed by atoms with Gasteiger partial charge in [0, 0.05) is 54.2 Å². The quantitative estimate of drug-likeness (QED) is 0.600. The Kier molecular flexibility index (Phi) is 3.79. The number of amides is 1. The monoisotopic (exact) mass is 371 g/mol. The Bertz CT molecular complexity index is 1220. The molecule has 0 atom stereocenters. The zero-order valence-electron chi connectivity index (χ0n) is 14.9. The minimum absolute atomic E-state index is 0.0352. The van der Waals surface area contributed by atoms with Crippen LogP contribution in [0, 0.1) is 0 Å². The smallest absolute Gasteiger partial charge is 0.267 e. The van der Waals surface area contributed by atoms with Crippen LogP contribution in [0.1, 0.15) is 16.4 Å². The molecule has 1 fully saturated rings. The third-order valence-corrected chi connectivity index (χ3v) is 5.12. The maximum Gasteiger partial charge on any atom is 0.267 e. The summed E-state index contributed by atoms with van der Waals surface area (Å²) < 4.78 is 1.48. The molecule has 0 bridgehead atoms. The highest BCUT2D eigenvalue weighted by Gasteiger charge is 2.34. The van der Waals surface area contributed by atoms with Crippen LogP contribution >= 0.6 is 0 Å². The van der Waals surface area contributed by atoms with Gasteiger partial charge in [0.05, 0.1) is 17.3 Å². The number of hydrogen-bond donors (Lipinski definition) is 1. The lowest BCUT2D eigenvalue weighted by Gasteiger charge is -2.39. The number of carbonyl (C=O) groups excluding carboxylic acids is 1. The number of carbonyl (C=O) groups is 1. The van der Waals surface area contributed by atoms with Crippen LogP contribution < -0.4 is 5.56 Å². The zero-order valence-corrected chi connectivity index (χ0v) is 14.9. The number of nitrogens with one attached hydrogen (secondary N) is 1. The first-order valence-corrected chi connectivity index (χ1v) is 9.06. The molecular weight excluding hydrogens is 354 g/mol. The Hall–Kier alpha value is -3.74. The van der Waals surface area contributed by atoms with Crippen LogP contribution in [-0.4, -0.2) is 43.6 Å². The van der Waals surface area contributed by atoms with Crippen LogP contribution in [0.2, 0.25) is 0 Å². The first-order chi connectivity index (χ1) is 13.7. The van der Waals surface area contributed by atoms with Crippen LogP contribution in [0.15, 0.2) is 71.9 Å². The SMILES string of the molecule is O=C(c1c[nH]c2ccccc12)N1CC(n2nc(-c3ccncc3)ccc2=O)C1. The van der Waals surface area contributed by atoms with Gasteiger partial charge in [-0.05, 0) is 24.3 Å². The van der Waals surface area contributed by atoms with Crippen molar-refractivity contribution in [1.29, 1.82) is 0 Å². The number of H-pyrrole nitrogens is 1. The lowest BCUT2D eigenvalue weighted by molar-refractivity contribution is 0.0495. The molecule has 5 rings (SSSR count). The van der Waals surface area contributed by atoms with E-state index in [1.54, 1.807) is 29.6 Å². The number of hydrogen-bond acceptors (Lipinski definition) is 4. The molecule has 1 amide bonds. The van der Waals surface area contributed by atoms with Gasteiger partial charge in [0.2, 0.25) is 0 Å². The lowest BCUT2D eigenvalue weighted by atomic mass is 10.1. The van der Waals surface area contributed by atoms with Gasteiger partial charge in [-0.15, -0.1) is 0 Å². The van der Waals surface area contributed by atoms with Crippen molar-refractivity contribution in [3.63, 3.8) is 0 Å². The van der Waals surface area contributed by atoms with E-state index in [9.17, 15) is 9.59 Å². The van der Waals surface area contributed by atoms with E-state index >= 15 is 0 Å². The minimum atomic E-state index is -0.165. The summed E-state index contributed by atoms with van der Waals surface area (Å²) in [5.74, 6) is -0.0352. The molecule has 4 aromatic rings. The molecule has 0 aliphatic carbocycles. The van der Waals surface area contributed by atoms with Gasteiger partial charge in [0.1, 0.15) is 0 Å². The van der Waals surface area contributed by atoms with Crippen molar-refractivity contribution >= 4 is 16.8 Å². The fraction of sp³-hybridized carbons (Fsp3) is 0.143. The zero-order chi connectivity index (χ0) is 19.1. The van der Waals surface area contributed by atoms with Crippen molar-refractivity contribution in [2.24, 2.45) is 0 Å². The summed E-state index contributed by atoms with van der Waals surface area (Å²) >= 11 is 0. The molecule has 3 aromatic heterocycles. The van der Waals surface area contributed by atoms with E-state index in [4.69, 9.17) is 0 Å². The van der Waals surface area contributed by atoms with Gasteiger partial charge in [-0.25, -0.2) is 4.68 Å². The fourth-order valence-corrected chi connectivity index (χ4v) is 3.56. The van der Waals surface area contributed by atoms with E-state index in [0.717, 1.165) is 16.5 Å². The normalized spacial score (nSPS) is 14.2. The van der Waals surface area contributed by atoms with Crippen molar-refractivity contribution in [2.75, 3.05) is 13.1 Å². The summed E-state index contributed by atoms with van der Waals surface area (Å²) in [6, 6.07) is 14.5. The molecule has 7 nitrogen and oxygen atoms in total. The largest absolute Gasteiger partial charge is 0.360 e. The molecule has 28 heavy (non-hydrogen) atoms. The van der Waals surface area contributed by atoms with Crippen LogP contribution in [0.3, 0.4) is 0 Å². The number of benzene rings is 1. The van der Waals surface area contributed by atoms with Crippen LogP contribution in [0.5, 0.6) is 0 Å². The van der Waals surface area contributed by atoms with Gasteiger partial charge < -0.3 is 9.88 Å². The number of nitrogens with zero attached hydrogens (tertiary/aromatic N) is 4. The number of fused-ring (bicyclic) bond motifs is 1. The summed E-state index contributed by atoms with van der Waals surface area (Å²) in [4.78, 5) is 34.0. The van der Waals surface area contributed by atoms with Crippen molar-refractivity contribution < 1.29 is 4.79 Å². The molecule has 7 heteroatoms. The number of para-hydroxylation sites is 1. The molecule has 1 aliphatic rings. The van der Waals surface area contributed by atoms with Crippen LogP contribution in [0.4, 0.5) is 0 Å². The average molecular weight is 371 g/mol. The van der Waals surface area contributed by atoms with E-state index in [-0.39, 0.29) is 17.5 Å². The van der Waals surface area contributed by atoms with E-state index < -0.39 is 0 Å². The number of pyridine rings is 1. The maximum atomic E-state index is 12.8. The third-order valence-electron chi connectivity index (χ3n) is 5.12. The van der Waals surface area contributed by atoms with E-state index in [0.29, 0.717) is 24.3 Å². The lowest BCUT2D eigenvalue weighted by Crippen LogP contribution is -2.53. The molecule has 1 saturated heterocycles. The topological polar surface area (TPSA) is 83.9 Å². The number of aromatic amines is 1. The van der Waals surface area contributed by atoms with E-state index in [1.807, 2.05) is 36.4 Å². The summed E-state index contributed by atoms with van der Waals surface area (Å²) in [5, 5.41) is 5.41. The Morgan fingerprint density at radius 2 is 1.82 bits per heavy atom. The highest BCUT2D eigenvalue weighted by atomic mass is 16.2. The van der Waals surface area contributed by atoms with E-state index in [1.165, 1.54) is 10.7 Å². The van der Waals surface area contributed by atoms with Gasteiger partial charge in [-0.2, -0.15) is 5.10 Å². The first-order valence-electron chi connectivity index (χ1n) is 9.06. The summed E-state index contributed by atoms with van der Waals surface area (Å²) in [6.45, 7) is 0.927. The molecule has 0 spiro atoms. The average Bonchev–Trinajstić information content (AvgIpc) is 3.13. The van der Waals surface area contributed by atoms with Crippen molar-refractivity contribution in [3.8, 4) is 11.3 Å². The maximum absolute atomic E-state index is 12.8. The predicted molar refractivity (Wildman–Crippen MR) is 105 cm³/mol. The molecular formula is C21H17N5O2. The standard InChI is InChI=1S/C21H17N5O2/c27-20-6-5-18(14-7-9-22-10-8-14)24-26(20)15-12-25(13-15)21(28)17-11-23-19-4-2-1-3-16(17)19/h1-11,15,23H,12-13H2. The minimum Gasteiger partial charge on any atom is -0.360 e. The molecule has 1 N–H and O–H groups in total. The summed E-state index contributed by atoms with van der Waals surface area (Å²) in [5.41, 5.74) is 3.03. The van der Waals surface area contributed by atoms with E-state index in [2.05, 4.69) is 15.1 Å². The third kappa shape index (κ3) is 2.68. The molecule has 138 valence electrons. The summed E-state index contributed by atoms with van der Waals surface area (Å²) in [7, 11) is 0. The Morgan fingerprint density at radius 1 is 1.04 bits per heavy atom. The van der Waals surface area contributed by atoms with Crippen molar-refractivity contribution in [1.82, 2.24) is 24.6 Å². The van der Waals surface area contributed by atoms with Crippen LogP contribution in [0.25, 0.3) is 22.2 Å².